The highest BCUT2D eigenvalue weighted by Crippen LogP contribution is 2.37. The smallest absolute Gasteiger partial charge is 0.208 e. The molecule has 0 spiro atoms. The Kier molecular flexibility index (Phi) is 5.73. The number of aliphatic imine (C=N–C) groups is 1. The summed E-state index contributed by atoms with van der Waals surface area (Å²) in [4.78, 5) is 7.26. The zero-order valence-corrected chi connectivity index (χ0v) is 17.1. The summed E-state index contributed by atoms with van der Waals surface area (Å²) in [5, 5.41) is -0.616. The van der Waals surface area contributed by atoms with Crippen molar-refractivity contribution >= 4 is 15.7 Å². The first kappa shape index (κ1) is 19.5. The van der Waals surface area contributed by atoms with Crippen molar-refractivity contribution in [1.29, 1.82) is 0 Å². The van der Waals surface area contributed by atoms with Crippen molar-refractivity contribution in [3.05, 3.63) is 36.4 Å². The highest BCUT2D eigenvalue weighted by atomic mass is 32.2. The van der Waals surface area contributed by atoms with Gasteiger partial charge in [-0.1, -0.05) is 18.2 Å². The molecular formula is C21H28N2O4S. The summed E-state index contributed by atoms with van der Waals surface area (Å²) >= 11 is 0. The van der Waals surface area contributed by atoms with Crippen LogP contribution >= 0.6 is 0 Å². The van der Waals surface area contributed by atoms with E-state index in [1.54, 1.807) is 31.2 Å². The van der Waals surface area contributed by atoms with Gasteiger partial charge in [0.15, 0.2) is 9.84 Å². The molecule has 0 radical (unpaired) electrons. The van der Waals surface area contributed by atoms with Crippen LogP contribution in [0.25, 0.3) is 0 Å². The van der Waals surface area contributed by atoms with Crippen molar-refractivity contribution in [3.63, 3.8) is 0 Å². The van der Waals surface area contributed by atoms with Gasteiger partial charge in [0, 0.05) is 12.5 Å². The predicted octanol–water partition coefficient (Wildman–Crippen LogP) is 2.70. The molecule has 4 rings (SSSR count). The first-order valence-electron chi connectivity index (χ1n) is 10.1. The molecule has 0 amide bonds. The van der Waals surface area contributed by atoms with Crippen molar-refractivity contribution < 1.29 is 17.9 Å². The van der Waals surface area contributed by atoms with Crippen LogP contribution in [0.3, 0.4) is 0 Å². The number of rotatable bonds is 5. The largest absolute Gasteiger partial charge is 0.487 e. The van der Waals surface area contributed by atoms with E-state index in [0.717, 1.165) is 13.0 Å². The fraction of sp³-hybridized carbons (Fsp3) is 0.571. The van der Waals surface area contributed by atoms with Gasteiger partial charge in [-0.2, -0.15) is 0 Å². The molecule has 6 nitrogen and oxygen atoms in total. The fourth-order valence-electron chi connectivity index (χ4n) is 4.13. The van der Waals surface area contributed by atoms with Crippen molar-refractivity contribution in [3.8, 4) is 5.75 Å². The predicted molar refractivity (Wildman–Crippen MR) is 109 cm³/mol. The lowest BCUT2D eigenvalue weighted by atomic mass is 9.97. The minimum absolute atomic E-state index is 0.0879. The monoisotopic (exact) mass is 404 g/mol. The van der Waals surface area contributed by atoms with Crippen molar-refractivity contribution in [2.24, 2.45) is 10.9 Å². The van der Waals surface area contributed by atoms with Gasteiger partial charge in [-0.15, -0.1) is 0 Å². The average molecular weight is 405 g/mol. The summed E-state index contributed by atoms with van der Waals surface area (Å²) in [6.07, 6.45) is 6.99. The summed E-state index contributed by atoms with van der Waals surface area (Å²) < 4.78 is 37.5. The molecule has 0 aliphatic carbocycles. The molecule has 3 aliphatic heterocycles. The molecule has 0 saturated carbocycles. The van der Waals surface area contributed by atoms with Crippen molar-refractivity contribution in [2.45, 2.75) is 42.4 Å². The molecule has 1 aromatic rings. The van der Waals surface area contributed by atoms with Gasteiger partial charge in [0.1, 0.15) is 22.0 Å². The van der Waals surface area contributed by atoms with Crippen LogP contribution in [0, 0.1) is 5.92 Å². The standard InChI is InChI=1S/C21H28N2O4S/c1-16-21(27-18-7-2-3-8-19(18)28(16,24)25)17-9-10-20(22-15-17)26-14-6-13-23-11-4-5-12-23/h2-3,7-10,16-17,21H,4-6,11-15H2,1H3/t16-,17?,21+/m0/s1. The Bertz CT molecular complexity index is 859. The number of sulfone groups is 1. The summed E-state index contributed by atoms with van der Waals surface area (Å²) in [5.74, 6) is 0.978. The number of hydrogen-bond donors (Lipinski definition) is 0. The lowest BCUT2D eigenvalue weighted by Gasteiger charge is -2.35. The van der Waals surface area contributed by atoms with Gasteiger partial charge in [-0.05, 0) is 57.5 Å². The number of hydrogen-bond acceptors (Lipinski definition) is 6. The number of ether oxygens (including phenoxy) is 2. The van der Waals surface area contributed by atoms with E-state index in [1.807, 2.05) is 12.2 Å². The second kappa shape index (κ2) is 8.25. The number of dihydropyridines is 1. The Labute approximate surface area is 167 Å². The minimum atomic E-state index is -3.40. The summed E-state index contributed by atoms with van der Waals surface area (Å²) in [6.45, 7) is 6.33. The molecule has 0 N–H and O–H groups in total. The topological polar surface area (TPSA) is 68.2 Å². The molecule has 1 aromatic carbocycles. The SMILES string of the molecule is C[C@H]1[C@H](C2C=CC(OCCCN3CCCC3)=NC2)Oc2ccccc2S1(=O)=O. The van der Waals surface area contributed by atoms with Gasteiger partial charge in [0.2, 0.25) is 5.90 Å². The van der Waals surface area contributed by atoms with Gasteiger partial charge in [0.05, 0.1) is 13.2 Å². The van der Waals surface area contributed by atoms with Crippen LogP contribution in [0.15, 0.2) is 46.3 Å². The van der Waals surface area contributed by atoms with E-state index in [0.29, 0.717) is 24.8 Å². The fourth-order valence-corrected chi connectivity index (χ4v) is 5.81. The maximum Gasteiger partial charge on any atom is 0.208 e. The van der Waals surface area contributed by atoms with Crippen LogP contribution in [0.1, 0.15) is 26.2 Å². The molecule has 0 aromatic heterocycles. The minimum Gasteiger partial charge on any atom is -0.487 e. The Hall–Kier alpha value is -1.86. The molecule has 7 heteroatoms. The second-order valence-corrected chi connectivity index (χ2v) is 10.0. The number of likely N-dealkylation sites (tertiary alicyclic amines) is 1. The van der Waals surface area contributed by atoms with E-state index in [1.165, 1.54) is 25.9 Å². The average Bonchev–Trinajstić information content (AvgIpc) is 3.22. The number of benzene rings is 1. The second-order valence-electron chi connectivity index (χ2n) is 7.73. The highest BCUT2D eigenvalue weighted by molar-refractivity contribution is 7.92. The summed E-state index contributed by atoms with van der Waals surface area (Å²) in [6, 6.07) is 6.85. The van der Waals surface area contributed by atoms with Crippen LogP contribution in [-0.2, 0) is 14.6 Å². The maximum atomic E-state index is 12.8. The van der Waals surface area contributed by atoms with E-state index in [9.17, 15) is 8.42 Å². The molecule has 3 aliphatic rings. The first-order valence-corrected chi connectivity index (χ1v) is 11.7. The van der Waals surface area contributed by atoms with Gasteiger partial charge in [-0.25, -0.2) is 8.42 Å². The van der Waals surface area contributed by atoms with Gasteiger partial charge in [-0.3, -0.25) is 4.99 Å². The quantitative estimate of drug-likeness (QED) is 0.706. The zero-order chi connectivity index (χ0) is 19.6. The third-order valence-electron chi connectivity index (χ3n) is 5.80. The van der Waals surface area contributed by atoms with Gasteiger partial charge < -0.3 is 14.4 Å². The van der Waals surface area contributed by atoms with Gasteiger partial charge in [0.25, 0.3) is 0 Å². The van der Waals surface area contributed by atoms with Crippen LogP contribution in [-0.4, -0.2) is 63.4 Å². The number of nitrogens with zero attached hydrogens (tertiary/aromatic N) is 2. The molecule has 1 fully saturated rings. The molecule has 152 valence electrons. The molecule has 3 heterocycles. The molecular weight excluding hydrogens is 376 g/mol. The molecule has 3 atom stereocenters. The van der Waals surface area contributed by atoms with Crippen molar-refractivity contribution in [2.75, 3.05) is 32.8 Å². The first-order chi connectivity index (χ1) is 13.6. The van der Waals surface area contributed by atoms with E-state index in [2.05, 4.69) is 9.89 Å². The van der Waals surface area contributed by atoms with Crippen LogP contribution in [0.4, 0.5) is 0 Å². The van der Waals surface area contributed by atoms with Crippen molar-refractivity contribution in [1.82, 2.24) is 4.90 Å². The third-order valence-corrected chi connectivity index (χ3v) is 8.00. The van der Waals surface area contributed by atoms with E-state index < -0.39 is 21.2 Å². The normalized spacial score (nSPS) is 29.0. The Morgan fingerprint density at radius 1 is 1.25 bits per heavy atom. The number of fused-ring (bicyclic) bond motifs is 1. The molecule has 28 heavy (non-hydrogen) atoms. The Morgan fingerprint density at radius 2 is 2.04 bits per heavy atom. The lowest BCUT2D eigenvalue weighted by molar-refractivity contribution is 0.144. The number of para-hydroxylation sites is 1. The highest BCUT2D eigenvalue weighted by Gasteiger charge is 2.42. The third kappa shape index (κ3) is 3.96. The van der Waals surface area contributed by atoms with E-state index >= 15 is 0 Å². The molecule has 0 bridgehead atoms. The maximum absolute atomic E-state index is 12.8. The van der Waals surface area contributed by atoms with Crippen LogP contribution < -0.4 is 4.74 Å². The summed E-state index contributed by atoms with van der Waals surface area (Å²) in [5.41, 5.74) is 0. The van der Waals surface area contributed by atoms with Crippen LogP contribution in [0.2, 0.25) is 0 Å². The zero-order valence-electron chi connectivity index (χ0n) is 16.3. The lowest BCUT2D eigenvalue weighted by Crippen LogP contribution is -2.45. The van der Waals surface area contributed by atoms with Crippen LogP contribution in [0.5, 0.6) is 5.75 Å². The Morgan fingerprint density at radius 3 is 2.79 bits per heavy atom. The van der Waals surface area contributed by atoms with E-state index in [-0.39, 0.29) is 10.8 Å². The molecule has 1 unspecified atom stereocenters. The summed E-state index contributed by atoms with van der Waals surface area (Å²) in [7, 11) is -3.40. The molecule has 1 saturated heterocycles. The Balaban J connectivity index is 1.33. The van der Waals surface area contributed by atoms with E-state index in [4.69, 9.17) is 9.47 Å². The van der Waals surface area contributed by atoms with Gasteiger partial charge >= 0.3 is 0 Å².